The fraction of sp³-hybridized carbons (Fsp3) is 0.467. The van der Waals surface area contributed by atoms with Gasteiger partial charge in [0.05, 0.1) is 26.2 Å². The van der Waals surface area contributed by atoms with E-state index in [0.717, 1.165) is 12.8 Å². The molecule has 4 nitrogen and oxygen atoms in total. The summed E-state index contributed by atoms with van der Waals surface area (Å²) in [5.41, 5.74) is 0.395. The van der Waals surface area contributed by atoms with Gasteiger partial charge in [-0.15, -0.1) is 0 Å². The predicted molar refractivity (Wildman–Crippen MR) is 73.0 cm³/mol. The molecule has 0 aliphatic heterocycles. The lowest BCUT2D eigenvalue weighted by Crippen LogP contribution is -2.09. The van der Waals surface area contributed by atoms with Crippen LogP contribution in [0.15, 0.2) is 18.2 Å². The molecular weight excluding hydrogens is 244 g/mol. The molecule has 0 bridgehead atoms. The summed E-state index contributed by atoms with van der Waals surface area (Å²) in [5.74, 6) is 0.626. The summed E-state index contributed by atoms with van der Waals surface area (Å²) in [4.78, 5) is 23.8. The van der Waals surface area contributed by atoms with Crippen molar-refractivity contribution in [2.75, 3.05) is 14.2 Å². The Labute approximate surface area is 113 Å². The van der Waals surface area contributed by atoms with Gasteiger partial charge in [-0.05, 0) is 18.6 Å². The second-order valence-corrected chi connectivity index (χ2v) is 4.28. The number of hydrogen-bond acceptors (Lipinski definition) is 4. The van der Waals surface area contributed by atoms with Gasteiger partial charge in [-0.1, -0.05) is 19.4 Å². The van der Waals surface area contributed by atoms with Gasteiger partial charge < -0.3 is 9.47 Å². The van der Waals surface area contributed by atoms with E-state index in [0.29, 0.717) is 23.5 Å². The van der Waals surface area contributed by atoms with Gasteiger partial charge in [0.2, 0.25) is 0 Å². The van der Waals surface area contributed by atoms with Crippen LogP contribution < -0.4 is 9.47 Å². The number of hydrogen-bond donors (Lipinski definition) is 0. The number of ketones is 2. The van der Waals surface area contributed by atoms with Crippen LogP contribution in [0.3, 0.4) is 0 Å². The number of rotatable bonds is 8. The lowest BCUT2D eigenvalue weighted by molar-refractivity contribution is -0.118. The summed E-state index contributed by atoms with van der Waals surface area (Å²) in [6.45, 7) is 2.01. The Bertz CT molecular complexity index is 451. The van der Waals surface area contributed by atoms with Crippen molar-refractivity contribution in [1.29, 1.82) is 0 Å². The molecule has 4 heteroatoms. The lowest BCUT2D eigenvalue weighted by Gasteiger charge is -2.11. The van der Waals surface area contributed by atoms with Gasteiger partial charge in [-0.25, -0.2) is 0 Å². The monoisotopic (exact) mass is 264 g/mol. The zero-order valence-electron chi connectivity index (χ0n) is 11.7. The zero-order valence-corrected chi connectivity index (χ0v) is 11.7. The maximum absolute atomic E-state index is 12.1. The Hall–Kier alpha value is -1.84. The average molecular weight is 264 g/mol. The van der Waals surface area contributed by atoms with Crippen molar-refractivity contribution in [3.8, 4) is 11.5 Å². The molecule has 0 N–H and O–H groups in total. The predicted octanol–water partition coefficient (Wildman–Crippen LogP) is 3.04. The molecule has 0 unspecified atom stereocenters. The van der Waals surface area contributed by atoms with Gasteiger partial charge in [0.15, 0.2) is 17.3 Å². The smallest absolute Gasteiger partial charge is 0.174 e. The summed E-state index contributed by atoms with van der Waals surface area (Å²) in [5, 5.41) is 0. The first-order chi connectivity index (χ1) is 9.13. The van der Waals surface area contributed by atoms with E-state index in [9.17, 15) is 9.59 Å². The van der Waals surface area contributed by atoms with Gasteiger partial charge in [-0.3, -0.25) is 9.59 Å². The number of carbonyl (C=O) groups excluding carboxylic acids is 2. The highest BCUT2D eigenvalue weighted by Gasteiger charge is 2.18. The number of ether oxygens (including phenoxy) is 2. The molecule has 1 aromatic rings. The molecule has 19 heavy (non-hydrogen) atoms. The molecule has 0 aliphatic rings. The first-order valence-electron chi connectivity index (χ1n) is 6.39. The van der Waals surface area contributed by atoms with Crippen LogP contribution >= 0.6 is 0 Å². The Morgan fingerprint density at radius 3 is 2.47 bits per heavy atom. The van der Waals surface area contributed by atoms with E-state index in [1.54, 1.807) is 18.2 Å². The Morgan fingerprint density at radius 1 is 1.16 bits per heavy atom. The van der Waals surface area contributed by atoms with E-state index in [1.807, 2.05) is 6.92 Å². The standard InChI is InChI=1S/C15H20O4/c1-4-5-7-11(16)10-13(17)12-8-6-9-14(18-2)15(12)19-3/h6,8-9H,4-5,7,10H2,1-3H3. The van der Waals surface area contributed by atoms with Crippen LogP contribution in [0.2, 0.25) is 0 Å². The highest BCUT2D eigenvalue weighted by Crippen LogP contribution is 2.31. The Kier molecular flexibility index (Phi) is 6.06. The minimum Gasteiger partial charge on any atom is -0.493 e. The third-order valence-electron chi connectivity index (χ3n) is 2.87. The van der Waals surface area contributed by atoms with Crippen LogP contribution in [0.25, 0.3) is 0 Å². The van der Waals surface area contributed by atoms with E-state index < -0.39 is 0 Å². The van der Waals surface area contributed by atoms with Gasteiger partial charge in [0, 0.05) is 6.42 Å². The summed E-state index contributed by atoms with van der Waals surface area (Å²) in [7, 11) is 2.99. The number of para-hydroxylation sites is 1. The highest BCUT2D eigenvalue weighted by molar-refractivity contribution is 6.09. The molecule has 0 amide bonds. The van der Waals surface area contributed by atoms with E-state index in [-0.39, 0.29) is 18.0 Å². The average Bonchev–Trinajstić information content (AvgIpc) is 2.43. The highest BCUT2D eigenvalue weighted by atomic mass is 16.5. The molecule has 1 rings (SSSR count). The molecule has 0 atom stereocenters. The first kappa shape index (κ1) is 15.2. The minimum atomic E-state index is -0.225. The van der Waals surface area contributed by atoms with Crippen molar-refractivity contribution in [2.24, 2.45) is 0 Å². The molecular formula is C15H20O4. The van der Waals surface area contributed by atoms with Crippen molar-refractivity contribution in [3.63, 3.8) is 0 Å². The van der Waals surface area contributed by atoms with E-state index in [4.69, 9.17) is 9.47 Å². The quantitative estimate of drug-likeness (QED) is 0.535. The number of unbranched alkanes of at least 4 members (excludes halogenated alkanes) is 1. The lowest BCUT2D eigenvalue weighted by atomic mass is 10.0. The van der Waals surface area contributed by atoms with Crippen molar-refractivity contribution < 1.29 is 19.1 Å². The molecule has 0 radical (unpaired) electrons. The van der Waals surface area contributed by atoms with Crippen molar-refractivity contribution in [3.05, 3.63) is 23.8 Å². The zero-order chi connectivity index (χ0) is 14.3. The second kappa shape index (κ2) is 7.56. The van der Waals surface area contributed by atoms with E-state index in [2.05, 4.69) is 0 Å². The molecule has 0 spiro atoms. The van der Waals surface area contributed by atoms with Gasteiger partial charge in [0.1, 0.15) is 5.78 Å². The van der Waals surface area contributed by atoms with Gasteiger partial charge in [-0.2, -0.15) is 0 Å². The maximum atomic E-state index is 12.1. The number of carbonyl (C=O) groups is 2. The van der Waals surface area contributed by atoms with E-state index >= 15 is 0 Å². The summed E-state index contributed by atoms with van der Waals surface area (Å²) >= 11 is 0. The van der Waals surface area contributed by atoms with Crippen molar-refractivity contribution in [2.45, 2.75) is 32.6 Å². The largest absolute Gasteiger partial charge is 0.493 e. The molecule has 0 aromatic heterocycles. The van der Waals surface area contributed by atoms with Crippen molar-refractivity contribution >= 4 is 11.6 Å². The molecule has 1 aromatic carbocycles. The third-order valence-corrected chi connectivity index (χ3v) is 2.87. The van der Waals surface area contributed by atoms with Crippen LogP contribution in [0.4, 0.5) is 0 Å². The second-order valence-electron chi connectivity index (χ2n) is 4.28. The first-order valence-corrected chi connectivity index (χ1v) is 6.39. The normalized spacial score (nSPS) is 10.1. The molecule has 0 heterocycles. The fourth-order valence-corrected chi connectivity index (χ4v) is 1.84. The Morgan fingerprint density at radius 2 is 1.89 bits per heavy atom. The topological polar surface area (TPSA) is 52.6 Å². The molecule has 0 saturated carbocycles. The molecule has 0 fully saturated rings. The molecule has 104 valence electrons. The summed E-state index contributed by atoms with van der Waals surface area (Å²) in [6, 6.07) is 5.08. The minimum absolute atomic E-state index is 0.0308. The number of benzene rings is 1. The van der Waals surface area contributed by atoms with E-state index in [1.165, 1.54) is 14.2 Å². The van der Waals surface area contributed by atoms with Gasteiger partial charge >= 0.3 is 0 Å². The molecule has 0 saturated heterocycles. The maximum Gasteiger partial charge on any atom is 0.174 e. The van der Waals surface area contributed by atoms with Crippen LogP contribution in [-0.4, -0.2) is 25.8 Å². The van der Waals surface area contributed by atoms with Crippen LogP contribution in [0.1, 0.15) is 43.0 Å². The van der Waals surface area contributed by atoms with Crippen molar-refractivity contribution in [1.82, 2.24) is 0 Å². The molecule has 0 aliphatic carbocycles. The fourth-order valence-electron chi connectivity index (χ4n) is 1.84. The summed E-state index contributed by atoms with van der Waals surface area (Å²) in [6.07, 6.45) is 2.14. The van der Waals surface area contributed by atoms with Gasteiger partial charge in [0.25, 0.3) is 0 Å². The summed E-state index contributed by atoms with van der Waals surface area (Å²) < 4.78 is 10.3. The number of methoxy groups -OCH3 is 2. The van der Waals surface area contributed by atoms with Crippen LogP contribution in [-0.2, 0) is 4.79 Å². The van der Waals surface area contributed by atoms with Crippen LogP contribution in [0, 0.1) is 0 Å². The SMILES string of the molecule is CCCCC(=O)CC(=O)c1cccc(OC)c1OC. The number of Topliss-reactive ketones (excluding diaryl/α,β-unsaturated/α-hetero) is 2. The Balaban J connectivity index is 2.85. The third kappa shape index (κ3) is 4.09. The van der Waals surface area contributed by atoms with Crippen LogP contribution in [0.5, 0.6) is 11.5 Å².